The van der Waals surface area contributed by atoms with Crippen LogP contribution in [0.1, 0.15) is 0 Å². The third-order valence-electron chi connectivity index (χ3n) is 1.65. The standard InChI is InChI=1S/C7H7NO2S/c1-11(9,10)8-6-2-3-7(8)5-4-6/h2-5H,1H3. The Morgan fingerprint density at radius 2 is 1.45 bits per heavy atom. The molecule has 0 spiro atoms. The molecule has 2 aromatic heterocycles. The largest absolute Gasteiger partial charge is 0.239 e. The van der Waals surface area contributed by atoms with Crippen LogP contribution in [0, 0.1) is 0 Å². The van der Waals surface area contributed by atoms with E-state index in [1.165, 1.54) is 10.2 Å². The molecule has 2 heterocycles. The molecule has 0 radical (unpaired) electrons. The second-order valence-corrected chi connectivity index (χ2v) is 4.37. The van der Waals surface area contributed by atoms with Gasteiger partial charge in [0.2, 0.25) is 10.0 Å². The summed E-state index contributed by atoms with van der Waals surface area (Å²) in [4.78, 5) is 0. The molecular weight excluding hydrogens is 162 g/mol. The third kappa shape index (κ3) is 0.826. The Hall–Kier alpha value is -1.03. The Labute approximate surface area is 64.6 Å². The van der Waals surface area contributed by atoms with Gasteiger partial charge in [-0.15, -0.1) is 0 Å². The zero-order valence-corrected chi connectivity index (χ0v) is 6.80. The molecule has 0 saturated heterocycles. The van der Waals surface area contributed by atoms with Crippen molar-refractivity contribution in [1.29, 1.82) is 0 Å². The van der Waals surface area contributed by atoms with Crippen molar-refractivity contribution in [2.24, 2.45) is 0 Å². The van der Waals surface area contributed by atoms with Gasteiger partial charge in [0.25, 0.3) is 0 Å². The van der Waals surface area contributed by atoms with Gasteiger partial charge < -0.3 is 0 Å². The second-order valence-electron chi connectivity index (χ2n) is 2.54. The molecule has 58 valence electrons. The summed E-state index contributed by atoms with van der Waals surface area (Å²) in [5.74, 6) is 0. The molecular formula is C7H7NO2S. The second kappa shape index (κ2) is 1.76. The molecule has 0 aliphatic rings. The van der Waals surface area contributed by atoms with Crippen LogP contribution in [0.15, 0.2) is 24.3 Å². The fourth-order valence-corrected chi connectivity index (χ4v) is 2.26. The summed E-state index contributed by atoms with van der Waals surface area (Å²) < 4.78 is 23.5. The summed E-state index contributed by atoms with van der Waals surface area (Å²) in [6.45, 7) is 0. The van der Waals surface area contributed by atoms with E-state index < -0.39 is 10.0 Å². The molecule has 0 aliphatic carbocycles. The van der Waals surface area contributed by atoms with Crippen molar-refractivity contribution in [3.63, 3.8) is 0 Å². The smallest absolute Gasteiger partial charge is 0.236 e. The van der Waals surface area contributed by atoms with Gasteiger partial charge in [0.15, 0.2) is 0 Å². The van der Waals surface area contributed by atoms with E-state index in [2.05, 4.69) is 0 Å². The molecule has 4 heteroatoms. The summed E-state index contributed by atoms with van der Waals surface area (Å²) in [6, 6.07) is 7.15. The predicted molar refractivity (Wildman–Crippen MR) is 43.4 cm³/mol. The summed E-state index contributed by atoms with van der Waals surface area (Å²) in [5, 5.41) is 0. The zero-order valence-electron chi connectivity index (χ0n) is 5.98. The summed E-state index contributed by atoms with van der Waals surface area (Å²) in [6.07, 6.45) is 1.20. The Bertz CT molecular complexity index is 421. The van der Waals surface area contributed by atoms with Crippen LogP contribution in [0.5, 0.6) is 0 Å². The molecule has 0 aliphatic heterocycles. The van der Waals surface area contributed by atoms with Crippen LogP contribution >= 0.6 is 0 Å². The maximum absolute atomic E-state index is 11.1. The van der Waals surface area contributed by atoms with E-state index in [0.29, 0.717) is 0 Å². The van der Waals surface area contributed by atoms with Crippen LogP contribution < -0.4 is 0 Å². The van der Waals surface area contributed by atoms with Crippen molar-refractivity contribution in [3.8, 4) is 0 Å². The fraction of sp³-hybridized carbons (Fsp3) is 0.143. The Morgan fingerprint density at radius 3 is 1.64 bits per heavy atom. The van der Waals surface area contributed by atoms with Crippen molar-refractivity contribution >= 4 is 21.1 Å². The van der Waals surface area contributed by atoms with E-state index in [0.717, 1.165) is 11.0 Å². The molecule has 0 unspecified atom stereocenters. The molecule has 0 atom stereocenters. The maximum atomic E-state index is 11.1. The number of nitrogens with zero attached hydrogens (tertiary/aromatic N) is 1. The van der Waals surface area contributed by atoms with Gasteiger partial charge >= 0.3 is 0 Å². The Kier molecular flexibility index (Phi) is 1.07. The van der Waals surface area contributed by atoms with Crippen molar-refractivity contribution < 1.29 is 8.42 Å². The quantitative estimate of drug-likeness (QED) is 0.635. The molecule has 0 aromatic carbocycles. The SMILES string of the molecule is CS(=O)(=O)n1c2ccc1cc2. The van der Waals surface area contributed by atoms with Crippen LogP contribution in [0.4, 0.5) is 0 Å². The summed E-state index contributed by atoms with van der Waals surface area (Å²) in [7, 11) is -3.10. The van der Waals surface area contributed by atoms with Crippen LogP contribution in [0.2, 0.25) is 0 Å². The highest BCUT2D eigenvalue weighted by molar-refractivity contribution is 7.89. The van der Waals surface area contributed by atoms with Gasteiger partial charge in [-0.2, -0.15) is 0 Å². The lowest BCUT2D eigenvalue weighted by molar-refractivity contribution is 0.596. The predicted octanol–water partition coefficient (Wildman–Crippen LogP) is 0.887. The molecule has 2 aromatic rings. The van der Waals surface area contributed by atoms with Crippen molar-refractivity contribution in [2.45, 2.75) is 0 Å². The highest BCUT2D eigenvalue weighted by atomic mass is 32.2. The number of hydrogen-bond acceptors (Lipinski definition) is 2. The minimum Gasteiger partial charge on any atom is -0.239 e. The number of fused-ring (bicyclic) bond motifs is 2. The first-order valence-corrected chi connectivity index (χ1v) is 5.04. The Balaban J connectivity index is 2.92. The van der Waals surface area contributed by atoms with Gasteiger partial charge in [-0.3, -0.25) is 0 Å². The third-order valence-corrected chi connectivity index (χ3v) is 2.74. The number of aromatic nitrogens is 1. The molecule has 0 N–H and O–H groups in total. The van der Waals surface area contributed by atoms with Crippen LogP contribution in [-0.4, -0.2) is 18.6 Å². The van der Waals surface area contributed by atoms with E-state index in [1.807, 2.05) is 0 Å². The summed E-state index contributed by atoms with van der Waals surface area (Å²) >= 11 is 0. The number of hydrogen-bond donors (Lipinski definition) is 0. The minimum atomic E-state index is -3.10. The van der Waals surface area contributed by atoms with Crippen LogP contribution in [-0.2, 0) is 10.0 Å². The van der Waals surface area contributed by atoms with Gasteiger partial charge in [-0.25, -0.2) is 12.4 Å². The molecule has 11 heavy (non-hydrogen) atoms. The van der Waals surface area contributed by atoms with E-state index in [1.54, 1.807) is 24.3 Å². The maximum Gasteiger partial charge on any atom is 0.236 e. The minimum absolute atomic E-state index is 0.738. The van der Waals surface area contributed by atoms with E-state index in [4.69, 9.17) is 0 Å². The first kappa shape index (κ1) is 6.67. The number of benzene rings is 1. The summed E-state index contributed by atoms with van der Waals surface area (Å²) in [5.41, 5.74) is 1.48. The normalized spacial score (nSPS) is 12.8. The van der Waals surface area contributed by atoms with Gasteiger partial charge in [-0.05, 0) is 24.3 Å². The molecule has 2 bridgehead atoms. The van der Waals surface area contributed by atoms with E-state index >= 15 is 0 Å². The molecule has 0 saturated carbocycles. The van der Waals surface area contributed by atoms with Crippen LogP contribution in [0.3, 0.4) is 0 Å². The highest BCUT2D eigenvalue weighted by Crippen LogP contribution is 2.18. The monoisotopic (exact) mass is 169 g/mol. The van der Waals surface area contributed by atoms with Gasteiger partial charge in [-0.1, -0.05) is 0 Å². The van der Waals surface area contributed by atoms with Gasteiger partial charge in [0.1, 0.15) is 0 Å². The zero-order chi connectivity index (χ0) is 8.06. The fourth-order valence-electron chi connectivity index (χ4n) is 1.26. The number of rotatable bonds is 1. The molecule has 0 amide bonds. The van der Waals surface area contributed by atoms with E-state index in [9.17, 15) is 8.42 Å². The Morgan fingerprint density at radius 1 is 1.09 bits per heavy atom. The molecule has 0 fully saturated rings. The lowest BCUT2D eigenvalue weighted by Crippen LogP contribution is -2.07. The van der Waals surface area contributed by atoms with Crippen molar-refractivity contribution in [1.82, 2.24) is 3.97 Å². The average Bonchev–Trinajstić information content (AvgIpc) is 2.40. The van der Waals surface area contributed by atoms with Crippen molar-refractivity contribution in [3.05, 3.63) is 24.3 Å². The van der Waals surface area contributed by atoms with E-state index in [-0.39, 0.29) is 0 Å². The topological polar surface area (TPSA) is 39.1 Å². The lowest BCUT2D eigenvalue weighted by Gasteiger charge is -1.97. The molecule has 3 nitrogen and oxygen atoms in total. The van der Waals surface area contributed by atoms with Crippen LogP contribution in [0.25, 0.3) is 11.0 Å². The van der Waals surface area contributed by atoms with Gasteiger partial charge in [0.05, 0.1) is 17.3 Å². The van der Waals surface area contributed by atoms with Gasteiger partial charge in [0, 0.05) is 0 Å². The average molecular weight is 169 g/mol. The molecule has 2 rings (SSSR count). The first-order valence-electron chi connectivity index (χ1n) is 3.19. The first-order chi connectivity index (χ1) is 5.09. The lowest BCUT2D eigenvalue weighted by atomic mass is 10.4. The van der Waals surface area contributed by atoms with Crippen molar-refractivity contribution in [2.75, 3.05) is 6.26 Å². The highest BCUT2D eigenvalue weighted by Gasteiger charge is 2.11.